The first kappa shape index (κ1) is 11.0. The van der Waals surface area contributed by atoms with Crippen LogP contribution in [-0.4, -0.2) is 39.8 Å². The standard InChI is InChI=1S/C6H15NO3S/c1-3-10-7(2)5-4-6-11(8)9/h3-6H2,1-2H3,(H,8,9)/p-1. The van der Waals surface area contributed by atoms with Gasteiger partial charge < -0.3 is 4.55 Å². The van der Waals surface area contributed by atoms with Crippen LogP contribution in [0.3, 0.4) is 0 Å². The van der Waals surface area contributed by atoms with Gasteiger partial charge in [0.1, 0.15) is 0 Å². The Kier molecular flexibility index (Phi) is 6.74. The van der Waals surface area contributed by atoms with Crippen LogP contribution in [0.15, 0.2) is 0 Å². The van der Waals surface area contributed by atoms with Crippen molar-refractivity contribution in [2.75, 3.05) is 26.0 Å². The Labute approximate surface area is 69.8 Å². The first-order valence-corrected chi connectivity index (χ1v) is 4.81. The van der Waals surface area contributed by atoms with Crippen LogP contribution in [0.4, 0.5) is 0 Å². The molecule has 0 bridgehead atoms. The molecule has 1 unspecified atom stereocenters. The zero-order chi connectivity index (χ0) is 8.69. The Balaban J connectivity index is 3.16. The zero-order valence-corrected chi connectivity index (χ0v) is 7.73. The molecule has 0 aromatic heterocycles. The van der Waals surface area contributed by atoms with Crippen molar-refractivity contribution in [1.82, 2.24) is 5.06 Å². The van der Waals surface area contributed by atoms with Crippen LogP contribution >= 0.6 is 0 Å². The van der Waals surface area contributed by atoms with Gasteiger partial charge in [0.05, 0.1) is 6.61 Å². The van der Waals surface area contributed by atoms with Gasteiger partial charge in [0, 0.05) is 19.3 Å². The second-order valence-electron chi connectivity index (χ2n) is 2.13. The van der Waals surface area contributed by atoms with Crippen LogP contribution in [0.1, 0.15) is 13.3 Å². The highest BCUT2D eigenvalue weighted by Crippen LogP contribution is 1.89. The minimum Gasteiger partial charge on any atom is -0.772 e. The van der Waals surface area contributed by atoms with E-state index in [4.69, 9.17) is 4.84 Å². The minimum atomic E-state index is -1.92. The third kappa shape index (κ3) is 7.93. The average molecular weight is 180 g/mol. The summed E-state index contributed by atoms with van der Waals surface area (Å²) in [6.45, 7) is 3.17. The van der Waals surface area contributed by atoms with Gasteiger partial charge in [-0.05, 0) is 13.3 Å². The Morgan fingerprint density at radius 3 is 2.73 bits per heavy atom. The SMILES string of the molecule is CCON(C)CCCS(=O)[O-]. The molecular weight excluding hydrogens is 166 g/mol. The number of hydrogen-bond donors (Lipinski definition) is 0. The molecule has 1 atom stereocenters. The van der Waals surface area contributed by atoms with Crippen molar-refractivity contribution in [2.45, 2.75) is 13.3 Å². The van der Waals surface area contributed by atoms with Gasteiger partial charge in [0.15, 0.2) is 0 Å². The molecule has 68 valence electrons. The van der Waals surface area contributed by atoms with E-state index in [1.54, 1.807) is 12.1 Å². The molecule has 0 amide bonds. The van der Waals surface area contributed by atoms with Gasteiger partial charge in [-0.3, -0.25) is 9.05 Å². The molecule has 0 N–H and O–H groups in total. The third-order valence-corrected chi connectivity index (χ3v) is 1.76. The summed E-state index contributed by atoms with van der Waals surface area (Å²) >= 11 is -1.92. The molecular formula is C6H14NO3S-. The summed E-state index contributed by atoms with van der Waals surface area (Å²) in [6, 6.07) is 0. The van der Waals surface area contributed by atoms with E-state index < -0.39 is 11.1 Å². The summed E-state index contributed by atoms with van der Waals surface area (Å²) in [5.74, 6) is 0.206. The summed E-state index contributed by atoms with van der Waals surface area (Å²) < 4.78 is 20.2. The maximum Gasteiger partial charge on any atom is 0.0656 e. The maximum atomic E-state index is 10.1. The predicted octanol–water partition coefficient (Wildman–Crippen LogP) is 0.139. The zero-order valence-electron chi connectivity index (χ0n) is 6.91. The van der Waals surface area contributed by atoms with Gasteiger partial charge >= 0.3 is 0 Å². The molecule has 0 aromatic rings. The highest BCUT2D eigenvalue weighted by atomic mass is 32.2. The fraction of sp³-hybridized carbons (Fsp3) is 1.00. The van der Waals surface area contributed by atoms with Crippen molar-refractivity contribution in [3.8, 4) is 0 Å². The highest BCUT2D eigenvalue weighted by Gasteiger charge is 1.95. The predicted molar refractivity (Wildman–Crippen MR) is 42.7 cm³/mol. The Morgan fingerprint density at radius 1 is 1.64 bits per heavy atom. The van der Waals surface area contributed by atoms with Crippen LogP contribution < -0.4 is 0 Å². The summed E-state index contributed by atoms with van der Waals surface area (Å²) in [6.07, 6.45) is 0.618. The summed E-state index contributed by atoms with van der Waals surface area (Å²) in [5, 5.41) is 1.65. The van der Waals surface area contributed by atoms with Crippen molar-refractivity contribution in [1.29, 1.82) is 0 Å². The molecule has 0 radical (unpaired) electrons. The first-order chi connectivity index (χ1) is 5.16. The molecule has 0 aliphatic rings. The van der Waals surface area contributed by atoms with Crippen molar-refractivity contribution in [2.24, 2.45) is 0 Å². The number of nitrogens with zero attached hydrogens (tertiary/aromatic N) is 1. The van der Waals surface area contributed by atoms with Crippen LogP contribution in [0.25, 0.3) is 0 Å². The van der Waals surface area contributed by atoms with Gasteiger partial charge in [-0.2, -0.15) is 5.06 Å². The lowest BCUT2D eigenvalue weighted by Gasteiger charge is -2.15. The van der Waals surface area contributed by atoms with E-state index in [0.717, 1.165) is 0 Å². The molecule has 4 nitrogen and oxygen atoms in total. The molecule has 0 aliphatic carbocycles. The molecule has 11 heavy (non-hydrogen) atoms. The van der Waals surface area contributed by atoms with E-state index >= 15 is 0 Å². The molecule has 0 rings (SSSR count). The quantitative estimate of drug-likeness (QED) is 0.431. The second-order valence-corrected chi connectivity index (χ2v) is 3.15. The summed E-state index contributed by atoms with van der Waals surface area (Å²) in [5.41, 5.74) is 0. The maximum absolute atomic E-state index is 10.1. The Hall–Kier alpha value is 0.0300. The van der Waals surface area contributed by atoms with E-state index in [1.807, 2.05) is 6.92 Å². The van der Waals surface area contributed by atoms with Gasteiger partial charge in [0.25, 0.3) is 0 Å². The lowest BCUT2D eigenvalue weighted by Crippen LogP contribution is -2.21. The number of hydrogen-bond acceptors (Lipinski definition) is 4. The smallest absolute Gasteiger partial charge is 0.0656 e. The van der Waals surface area contributed by atoms with Crippen molar-refractivity contribution in [3.63, 3.8) is 0 Å². The van der Waals surface area contributed by atoms with E-state index in [0.29, 0.717) is 19.6 Å². The molecule has 0 heterocycles. The van der Waals surface area contributed by atoms with E-state index in [-0.39, 0.29) is 5.75 Å². The molecule has 0 saturated carbocycles. The average Bonchev–Trinajstić information content (AvgIpc) is 1.87. The van der Waals surface area contributed by atoms with Gasteiger partial charge in [-0.15, -0.1) is 0 Å². The van der Waals surface area contributed by atoms with Gasteiger partial charge in [0.2, 0.25) is 0 Å². The van der Waals surface area contributed by atoms with E-state index in [2.05, 4.69) is 0 Å². The summed E-state index contributed by atoms with van der Waals surface area (Å²) in [7, 11) is 1.79. The van der Waals surface area contributed by atoms with Crippen LogP contribution in [0, 0.1) is 0 Å². The van der Waals surface area contributed by atoms with Crippen LogP contribution in [0.2, 0.25) is 0 Å². The molecule has 0 fully saturated rings. The van der Waals surface area contributed by atoms with Crippen molar-refractivity contribution >= 4 is 11.1 Å². The van der Waals surface area contributed by atoms with Crippen molar-refractivity contribution < 1.29 is 13.6 Å². The largest absolute Gasteiger partial charge is 0.772 e. The van der Waals surface area contributed by atoms with E-state index in [1.165, 1.54) is 0 Å². The fourth-order valence-corrected chi connectivity index (χ4v) is 1.05. The molecule has 5 heteroatoms. The Morgan fingerprint density at radius 2 is 2.27 bits per heavy atom. The Bertz CT molecular complexity index is 120. The van der Waals surface area contributed by atoms with Crippen molar-refractivity contribution in [3.05, 3.63) is 0 Å². The fourth-order valence-electron chi connectivity index (χ4n) is 0.690. The molecule has 0 aliphatic heterocycles. The second kappa shape index (κ2) is 6.72. The number of hydroxylamine groups is 2. The summed E-state index contributed by atoms with van der Waals surface area (Å²) in [4.78, 5) is 5.06. The topological polar surface area (TPSA) is 52.6 Å². The normalized spacial score (nSPS) is 13.8. The monoisotopic (exact) mass is 180 g/mol. The first-order valence-electron chi connectivity index (χ1n) is 3.56. The van der Waals surface area contributed by atoms with Gasteiger partial charge in [-0.25, -0.2) is 0 Å². The molecule has 0 aromatic carbocycles. The van der Waals surface area contributed by atoms with E-state index in [9.17, 15) is 8.76 Å². The minimum absolute atomic E-state index is 0.206. The van der Waals surface area contributed by atoms with Crippen LogP contribution in [0.5, 0.6) is 0 Å². The molecule has 0 saturated heterocycles. The molecule has 0 spiro atoms. The van der Waals surface area contributed by atoms with Crippen LogP contribution in [-0.2, 0) is 15.9 Å². The highest BCUT2D eigenvalue weighted by molar-refractivity contribution is 7.79. The number of rotatable bonds is 6. The lowest BCUT2D eigenvalue weighted by molar-refractivity contribution is -0.134. The lowest BCUT2D eigenvalue weighted by atomic mass is 10.5. The van der Waals surface area contributed by atoms with Gasteiger partial charge in [-0.1, -0.05) is 11.1 Å². The third-order valence-electron chi connectivity index (χ3n) is 1.13.